The number of aromatic nitrogens is 1. The fourth-order valence-electron chi connectivity index (χ4n) is 3.09. The first-order chi connectivity index (χ1) is 13.5. The number of rotatable bonds is 6. The first-order valence-corrected chi connectivity index (χ1v) is 9.46. The van der Waals surface area contributed by atoms with Gasteiger partial charge < -0.3 is 15.2 Å². The topological polar surface area (TPSA) is 63.1 Å². The zero-order valence-electron chi connectivity index (χ0n) is 16.4. The minimum atomic E-state index is -0.315. The second kappa shape index (κ2) is 8.57. The first kappa shape index (κ1) is 19.4. The Morgan fingerprint density at radius 1 is 1.04 bits per heavy atom. The van der Waals surface area contributed by atoms with Gasteiger partial charge in [-0.1, -0.05) is 36.4 Å². The van der Waals surface area contributed by atoms with E-state index < -0.39 is 0 Å². The van der Waals surface area contributed by atoms with E-state index in [4.69, 9.17) is 0 Å². The molecule has 3 aromatic rings. The molecule has 0 spiro atoms. The van der Waals surface area contributed by atoms with Gasteiger partial charge in [-0.2, -0.15) is 0 Å². The molecule has 0 aliphatic rings. The van der Waals surface area contributed by atoms with Crippen molar-refractivity contribution in [2.24, 2.45) is 0 Å². The van der Waals surface area contributed by atoms with Gasteiger partial charge in [0.25, 0.3) is 11.8 Å². The van der Waals surface area contributed by atoms with Crippen LogP contribution < -0.4 is 10.6 Å². The van der Waals surface area contributed by atoms with Crippen LogP contribution in [0.5, 0.6) is 0 Å². The molecule has 2 N–H and O–H groups in total. The number of hydrogen-bond acceptors (Lipinski definition) is 2. The summed E-state index contributed by atoms with van der Waals surface area (Å²) < 4.78 is 2.12. The van der Waals surface area contributed by atoms with Crippen molar-refractivity contribution in [3.05, 3.63) is 77.6 Å². The Bertz CT molecular complexity index is 1020. The standard InChI is InChI=1S/C23H25N3O2/c1-4-26-15-18(19-12-8-9-13-21(19)26)14-20(23(28)24-16(2)3)25-22(27)17-10-6-5-7-11-17/h5-16H,4H2,1-3H3,(H,24,28)(H,25,27). The van der Waals surface area contributed by atoms with E-state index in [1.807, 2.05) is 50.4 Å². The van der Waals surface area contributed by atoms with Crippen LogP contribution in [-0.4, -0.2) is 22.4 Å². The molecule has 0 bridgehead atoms. The second-order valence-electron chi connectivity index (χ2n) is 6.89. The summed E-state index contributed by atoms with van der Waals surface area (Å²) in [5.74, 6) is -0.627. The van der Waals surface area contributed by atoms with Crippen LogP contribution in [0.2, 0.25) is 0 Å². The molecule has 5 nitrogen and oxygen atoms in total. The fourth-order valence-corrected chi connectivity index (χ4v) is 3.09. The van der Waals surface area contributed by atoms with Crippen LogP contribution in [0.4, 0.5) is 0 Å². The monoisotopic (exact) mass is 375 g/mol. The lowest BCUT2D eigenvalue weighted by Crippen LogP contribution is -2.38. The lowest BCUT2D eigenvalue weighted by Gasteiger charge is -2.13. The van der Waals surface area contributed by atoms with Crippen LogP contribution in [0.25, 0.3) is 17.0 Å². The van der Waals surface area contributed by atoms with E-state index in [0.29, 0.717) is 5.56 Å². The van der Waals surface area contributed by atoms with Gasteiger partial charge in [-0.05, 0) is 45.0 Å². The smallest absolute Gasteiger partial charge is 0.268 e. The van der Waals surface area contributed by atoms with Gasteiger partial charge in [0.2, 0.25) is 0 Å². The first-order valence-electron chi connectivity index (χ1n) is 9.46. The normalized spacial score (nSPS) is 11.6. The summed E-state index contributed by atoms with van der Waals surface area (Å²) in [7, 11) is 0. The van der Waals surface area contributed by atoms with Gasteiger partial charge in [-0.25, -0.2) is 0 Å². The summed E-state index contributed by atoms with van der Waals surface area (Å²) in [5.41, 5.74) is 2.71. The zero-order valence-corrected chi connectivity index (χ0v) is 16.4. The van der Waals surface area contributed by atoms with E-state index in [0.717, 1.165) is 23.0 Å². The molecular weight excluding hydrogens is 350 g/mol. The predicted molar refractivity (Wildman–Crippen MR) is 113 cm³/mol. The molecule has 144 valence electrons. The number of benzene rings is 2. The van der Waals surface area contributed by atoms with Crippen LogP contribution in [0.1, 0.15) is 36.7 Å². The number of amides is 2. The number of fused-ring (bicyclic) bond motifs is 1. The Morgan fingerprint density at radius 2 is 1.71 bits per heavy atom. The summed E-state index contributed by atoms with van der Waals surface area (Å²) >= 11 is 0. The average molecular weight is 375 g/mol. The maximum absolute atomic E-state index is 12.7. The van der Waals surface area contributed by atoms with Crippen LogP contribution in [-0.2, 0) is 11.3 Å². The van der Waals surface area contributed by atoms with E-state index in [9.17, 15) is 9.59 Å². The second-order valence-corrected chi connectivity index (χ2v) is 6.89. The summed E-state index contributed by atoms with van der Waals surface area (Å²) in [6.45, 7) is 6.66. The third-order valence-electron chi connectivity index (χ3n) is 4.41. The molecule has 1 heterocycles. The molecule has 0 atom stereocenters. The highest BCUT2D eigenvalue weighted by molar-refractivity contribution is 6.06. The van der Waals surface area contributed by atoms with Crippen LogP contribution >= 0.6 is 0 Å². The van der Waals surface area contributed by atoms with Crippen LogP contribution in [0.3, 0.4) is 0 Å². The van der Waals surface area contributed by atoms with Gasteiger partial charge in [0.05, 0.1) is 0 Å². The van der Waals surface area contributed by atoms with Crippen LogP contribution in [0, 0.1) is 0 Å². The average Bonchev–Trinajstić information content (AvgIpc) is 3.05. The van der Waals surface area contributed by atoms with E-state index in [1.54, 1.807) is 30.3 Å². The molecule has 0 saturated carbocycles. The number of nitrogens with zero attached hydrogens (tertiary/aromatic N) is 1. The third kappa shape index (κ3) is 4.31. The van der Waals surface area contributed by atoms with E-state index in [2.05, 4.69) is 22.1 Å². The highest BCUT2D eigenvalue weighted by Crippen LogP contribution is 2.23. The summed E-state index contributed by atoms with van der Waals surface area (Å²) in [6, 6.07) is 16.9. The van der Waals surface area contributed by atoms with Gasteiger partial charge >= 0.3 is 0 Å². The number of aryl methyl sites for hydroxylation is 1. The number of carbonyl (C=O) groups is 2. The van der Waals surface area contributed by atoms with Crippen molar-refractivity contribution < 1.29 is 9.59 Å². The maximum Gasteiger partial charge on any atom is 0.268 e. The summed E-state index contributed by atoms with van der Waals surface area (Å²) in [6.07, 6.45) is 3.75. The molecule has 5 heteroatoms. The number of hydrogen-bond donors (Lipinski definition) is 2. The van der Waals surface area contributed by atoms with Crippen molar-refractivity contribution in [2.75, 3.05) is 0 Å². The minimum absolute atomic E-state index is 0.0403. The van der Waals surface area contributed by atoms with E-state index in [1.165, 1.54) is 0 Å². The summed E-state index contributed by atoms with van der Waals surface area (Å²) in [4.78, 5) is 25.4. The molecule has 0 saturated heterocycles. The Balaban J connectivity index is 2.01. The third-order valence-corrected chi connectivity index (χ3v) is 4.41. The number of carbonyl (C=O) groups excluding carboxylic acids is 2. The molecule has 1 aromatic heterocycles. The van der Waals surface area contributed by atoms with E-state index >= 15 is 0 Å². The Labute approximate surface area is 165 Å². The SMILES string of the molecule is CCn1cc(C=C(NC(=O)c2ccccc2)C(=O)NC(C)C)c2ccccc21. The van der Waals surface area contributed by atoms with Crippen molar-refractivity contribution in [1.82, 2.24) is 15.2 Å². The molecular formula is C23H25N3O2. The maximum atomic E-state index is 12.7. The molecule has 0 radical (unpaired) electrons. The van der Waals surface area contributed by atoms with Gasteiger partial charge in [-0.15, -0.1) is 0 Å². The lowest BCUT2D eigenvalue weighted by atomic mass is 10.1. The highest BCUT2D eigenvalue weighted by Gasteiger charge is 2.16. The Kier molecular flexibility index (Phi) is 5.94. The lowest BCUT2D eigenvalue weighted by molar-refractivity contribution is -0.118. The minimum Gasteiger partial charge on any atom is -0.349 e. The number of para-hydroxylation sites is 1. The van der Waals surface area contributed by atoms with Crippen molar-refractivity contribution in [3.8, 4) is 0 Å². The van der Waals surface area contributed by atoms with Gasteiger partial charge in [0, 0.05) is 40.8 Å². The largest absolute Gasteiger partial charge is 0.349 e. The van der Waals surface area contributed by atoms with Crippen molar-refractivity contribution in [3.63, 3.8) is 0 Å². The van der Waals surface area contributed by atoms with Crippen LogP contribution in [0.15, 0.2) is 66.5 Å². The molecule has 0 aliphatic carbocycles. The zero-order chi connectivity index (χ0) is 20.1. The van der Waals surface area contributed by atoms with E-state index in [-0.39, 0.29) is 23.6 Å². The number of nitrogens with one attached hydrogen (secondary N) is 2. The van der Waals surface area contributed by atoms with Crippen molar-refractivity contribution in [1.29, 1.82) is 0 Å². The Morgan fingerprint density at radius 3 is 2.39 bits per heavy atom. The molecule has 28 heavy (non-hydrogen) atoms. The molecule has 2 amide bonds. The summed E-state index contributed by atoms with van der Waals surface area (Å²) in [5, 5.41) is 6.68. The van der Waals surface area contributed by atoms with Gasteiger partial charge in [0.15, 0.2) is 0 Å². The van der Waals surface area contributed by atoms with Crippen molar-refractivity contribution >= 4 is 28.8 Å². The quantitative estimate of drug-likeness (QED) is 0.641. The molecule has 3 rings (SSSR count). The molecule has 0 fully saturated rings. The fraction of sp³-hybridized carbons (Fsp3) is 0.217. The van der Waals surface area contributed by atoms with Crippen molar-refractivity contribution in [2.45, 2.75) is 33.4 Å². The van der Waals surface area contributed by atoms with Gasteiger partial charge in [0.1, 0.15) is 5.70 Å². The van der Waals surface area contributed by atoms with Gasteiger partial charge in [-0.3, -0.25) is 9.59 Å². The predicted octanol–water partition coefficient (Wildman–Crippen LogP) is 3.96. The molecule has 0 unspecified atom stereocenters. The molecule has 2 aromatic carbocycles. The molecule has 0 aliphatic heterocycles. The Hall–Kier alpha value is -3.34. The highest BCUT2D eigenvalue weighted by atomic mass is 16.2.